The molecule has 0 radical (unpaired) electrons. The van der Waals surface area contributed by atoms with E-state index in [1.807, 2.05) is 11.4 Å². The van der Waals surface area contributed by atoms with Crippen molar-refractivity contribution in [2.75, 3.05) is 12.4 Å². The van der Waals surface area contributed by atoms with Gasteiger partial charge in [0.05, 0.1) is 10.9 Å². The summed E-state index contributed by atoms with van der Waals surface area (Å²) in [5, 5.41) is 5.58. The Bertz CT molecular complexity index is 816. The molecule has 0 aliphatic heterocycles. The molecule has 0 saturated heterocycles. The third kappa shape index (κ3) is 2.50. The minimum absolute atomic E-state index is 0.311. The fourth-order valence-corrected chi connectivity index (χ4v) is 2.64. The summed E-state index contributed by atoms with van der Waals surface area (Å²) in [6.45, 7) is 0. The minimum atomic E-state index is -0.546. The first-order valence-corrected chi connectivity index (χ1v) is 7.06. The first-order chi connectivity index (χ1) is 10.2. The predicted molar refractivity (Wildman–Crippen MR) is 82.0 cm³/mol. The molecule has 0 atom stereocenters. The molecule has 0 fully saturated rings. The van der Waals surface area contributed by atoms with Crippen LogP contribution in [-0.4, -0.2) is 22.9 Å². The van der Waals surface area contributed by atoms with E-state index in [-0.39, 0.29) is 0 Å². The van der Waals surface area contributed by atoms with E-state index in [0.717, 1.165) is 10.2 Å². The number of anilines is 1. The Hall–Kier alpha value is -2.67. The summed E-state index contributed by atoms with van der Waals surface area (Å²) < 4.78 is 5.80. The zero-order valence-corrected chi connectivity index (χ0v) is 12.0. The molecule has 0 aliphatic rings. The number of benzene rings is 1. The average molecular weight is 300 g/mol. The maximum Gasteiger partial charge on any atom is 0.252 e. The molecule has 0 bridgehead atoms. The largest absolute Gasteiger partial charge is 0.437 e. The molecule has 3 aromatic rings. The number of fused-ring (bicyclic) bond motifs is 1. The van der Waals surface area contributed by atoms with Crippen LogP contribution in [0.25, 0.3) is 10.2 Å². The van der Waals surface area contributed by atoms with E-state index in [9.17, 15) is 4.79 Å². The van der Waals surface area contributed by atoms with Gasteiger partial charge in [-0.3, -0.25) is 4.79 Å². The monoisotopic (exact) mass is 300 g/mol. The molecule has 1 aromatic carbocycles. The van der Waals surface area contributed by atoms with Crippen LogP contribution in [0.3, 0.4) is 0 Å². The van der Waals surface area contributed by atoms with Crippen LogP contribution in [-0.2, 0) is 0 Å². The number of amides is 1. The number of nitrogens with one attached hydrogen (secondary N) is 1. The summed E-state index contributed by atoms with van der Waals surface area (Å²) in [6.07, 6.45) is 0. The Morgan fingerprint density at radius 1 is 1.29 bits per heavy atom. The third-order valence-electron chi connectivity index (χ3n) is 2.87. The van der Waals surface area contributed by atoms with Crippen LogP contribution in [0.15, 0.2) is 35.7 Å². The van der Waals surface area contributed by atoms with Gasteiger partial charge in [0.2, 0.25) is 11.8 Å². The maximum absolute atomic E-state index is 11.4. The van der Waals surface area contributed by atoms with Crippen LogP contribution in [0.1, 0.15) is 10.4 Å². The van der Waals surface area contributed by atoms with E-state index in [1.54, 1.807) is 31.3 Å². The van der Waals surface area contributed by atoms with E-state index in [0.29, 0.717) is 23.1 Å². The number of carbonyl (C=O) groups excluding carboxylic acids is 1. The van der Waals surface area contributed by atoms with Crippen molar-refractivity contribution in [3.8, 4) is 11.6 Å². The number of primary amides is 1. The van der Waals surface area contributed by atoms with Crippen molar-refractivity contribution in [1.29, 1.82) is 0 Å². The summed E-state index contributed by atoms with van der Waals surface area (Å²) >= 11 is 1.49. The lowest BCUT2D eigenvalue weighted by Gasteiger charge is -2.10. The van der Waals surface area contributed by atoms with Crippen LogP contribution in [0, 0.1) is 0 Å². The number of para-hydroxylation sites is 1. The molecular weight excluding hydrogens is 288 g/mol. The van der Waals surface area contributed by atoms with Gasteiger partial charge in [0, 0.05) is 7.05 Å². The van der Waals surface area contributed by atoms with Gasteiger partial charge >= 0.3 is 0 Å². The molecule has 0 spiro atoms. The molecule has 3 N–H and O–H groups in total. The van der Waals surface area contributed by atoms with Crippen LogP contribution < -0.4 is 15.8 Å². The Kier molecular flexibility index (Phi) is 3.41. The predicted octanol–water partition coefficient (Wildman–Crippen LogP) is 2.62. The summed E-state index contributed by atoms with van der Waals surface area (Å²) in [5.74, 6) is 0.670. The zero-order valence-electron chi connectivity index (χ0n) is 11.2. The molecule has 2 aromatic heterocycles. The fraction of sp³-hybridized carbons (Fsp3) is 0.0714. The second-order valence-corrected chi connectivity index (χ2v) is 5.10. The van der Waals surface area contributed by atoms with Crippen molar-refractivity contribution in [1.82, 2.24) is 9.97 Å². The topological polar surface area (TPSA) is 90.1 Å². The lowest BCUT2D eigenvalue weighted by molar-refractivity contribution is 0.0998. The Morgan fingerprint density at radius 2 is 2.10 bits per heavy atom. The van der Waals surface area contributed by atoms with Crippen molar-refractivity contribution in [2.45, 2.75) is 0 Å². The highest BCUT2D eigenvalue weighted by molar-refractivity contribution is 7.16. The number of rotatable bonds is 4. The Morgan fingerprint density at radius 3 is 2.86 bits per heavy atom. The molecule has 6 nitrogen and oxygen atoms in total. The van der Waals surface area contributed by atoms with E-state index in [4.69, 9.17) is 10.5 Å². The summed E-state index contributed by atoms with van der Waals surface area (Å²) in [4.78, 5) is 20.9. The lowest BCUT2D eigenvalue weighted by atomic mass is 10.2. The van der Waals surface area contributed by atoms with Crippen molar-refractivity contribution in [3.05, 3.63) is 41.3 Å². The van der Waals surface area contributed by atoms with Crippen molar-refractivity contribution >= 4 is 33.4 Å². The minimum Gasteiger partial charge on any atom is -0.437 e. The summed E-state index contributed by atoms with van der Waals surface area (Å²) in [7, 11) is 1.73. The van der Waals surface area contributed by atoms with Crippen LogP contribution in [0.4, 0.5) is 5.95 Å². The molecule has 0 aliphatic carbocycles. The molecule has 2 heterocycles. The number of aromatic nitrogens is 2. The quantitative estimate of drug-likeness (QED) is 0.773. The average Bonchev–Trinajstić information content (AvgIpc) is 2.96. The molecule has 21 heavy (non-hydrogen) atoms. The molecular formula is C14H12N4O2S. The third-order valence-corrected chi connectivity index (χ3v) is 3.68. The van der Waals surface area contributed by atoms with Gasteiger partial charge in [-0.2, -0.15) is 4.98 Å². The molecule has 1 amide bonds. The van der Waals surface area contributed by atoms with Crippen LogP contribution in [0.5, 0.6) is 11.6 Å². The number of nitrogens with zero attached hydrogens (tertiary/aromatic N) is 2. The van der Waals surface area contributed by atoms with Gasteiger partial charge in [0.1, 0.15) is 10.6 Å². The van der Waals surface area contributed by atoms with Gasteiger partial charge in [-0.1, -0.05) is 12.1 Å². The highest BCUT2D eigenvalue weighted by Crippen LogP contribution is 2.32. The van der Waals surface area contributed by atoms with Gasteiger partial charge < -0.3 is 15.8 Å². The molecule has 0 saturated carbocycles. The molecule has 3 rings (SSSR count). The zero-order chi connectivity index (χ0) is 14.8. The first kappa shape index (κ1) is 13.3. The SMILES string of the molecule is CNc1nc(Oc2ccccc2C(N)=O)c2ccsc2n1. The first-order valence-electron chi connectivity index (χ1n) is 6.18. The standard InChI is InChI=1S/C14H12N4O2S/c1-16-14-17-12(9-6-7-21-13(9)18-14)20-10-5-3-2-4-8(10)11(15)19/h2-7H,1H3,(H2,15,19)(H,16,17,18). The van der Waals surface area contributed by atoms with Gasteiger partial charge in [0.15, 0.2) is 0 Å². The number of carbonyl (C=O) groups is 1. The second-order valence-electron chi connectivity index (χ2n) is 4.20. The van der Waals surface area contributed by atoms with E-state index < -0.39 is 5.91 Å². The number of hydrogen-bond acceptors (Lipinski definition) is 6. The lowest BCUT2D eigenvalue weighted by Crippen LogP contribution is -2.12. The number of thiophene rings is 1. The molecule has 106 valence electrons. The second kappa shape index (κ2) is 5.37. The summed E-state index contributed by atoms with van der Waals surface area (Å²) in [6, 6.07) is 8.67. The fourth-order valence-electron chi connectivity index (χ4n) is 1.88. The Labute approximate surface area is 124 Å². The number of nitrogens with two attached hydrogens (primary N) is 1. The van der Waals surface area contributed by atoms with Gasteiger partial charge in [0.25, 0.3) is 5.91 Å². The van der Waals surface area contributed by atoms with Crippen molar-refractivity contribution in [2.24, 2.45) is 5.73 Å². The number of ether oxygens (including phenoxy) is 1. The molecule has 0 unspecified atom stereocenters. The van der Waals surface area contributed by atoms with Crippen LogP contribution in [0.2, 0.25) is 0 Å². The summed E-state index contributed by atoms with van der Waals surface area (Å²) in [5.41, 5.74) is 5.67. The highest BCUT2D eigenvalue weighted by Gasteiger charge is 2.14. The molecule has 7 heteroatoms. The van der Waals surface area contributed by atoms with Crippen LogP contribution >= 0.6 is 11.3 Å². The van der Waals surface area contributed by atoms with E-state index >= 15 is 0 Å². The van der Waals surface area contributed by atoms with Gasteiger partial charge in [-0.05, 0) is 23.6 Å². The van der Waals surface area contributed by atoms with E-state index in [2.05, 4.69) is 15.3 Å². The van der Waals surface area contributed by atoms with Gasteiger partial charge in [-0.15, -0.1) is 11.3 Å². The highest BCUT2D eigenvalue weighted by atomic mass is 32.1. The Balaban J connectivity index is 2.10. The smallest absolute Gasteiger partial charge is 0.252 e. The van der Waals surface area contributed by atoms with Crippen molar-refractivity contribution in [3.63, 3.8) is 0 Å². The van der Waals surface area contributed by atoms with Crippen molar-refractivity contribution < 1.29 is 9.53 Å². The number of hydrogen-bond donors (Lipinski definition) is 2. The normalized spacial score (nSPS) is 10.5. The van der Waals surface area contributed by atoms with Gasteiger partial charge in [-0.25, -0.2) is 4.98 Å². The van der Waals surface area contributed by atoms with E-state index in [1.165, 1.54) is 11.3 Å². The maximum atomic E-state index is 11.4.